The van der Waals surface area contributed by atoms with E-state index in [1.165, 1.54) is 0 Å². The Labute approximate surface area is 124 Å². The van der Waals surface area contributed by atoms with E-state index in [0.717, 1.165) is 0 Å². The maximum Gasteiger partial charge on any atom is 0.130 e. The van der Waals surface area contributed by atoms with E-state index < -0.39 is 0 Å². The molecule has 2 aromatic rings. The first-order valence-electron chi connectivity index (χ1n) is 4.93. The van der Waals surface area contributed by atoms with Gasteiger partial charge in [0.15, 0.2) is 0 Å². The Hall–Kier alpha value is -0.510. The number of nitrogens with zero attached hydrogens (tertiary/aromatic N) is 1. The van der Waals surface area contributed by atoms with E-state index in [-0.39, 0.29) is 11.8 Å². The number of benzene rings is 1. The molecule has 0 bridgehead atoms. The number of aromatic nitrogens is 1. The first kappa shape index (κ1) is 13.9. The molecule has 0 aliphatic carbocycles. The molecule has 1 heterocycles. The highest BCUT2D eigenvalue weighted by Crippen LogP contribution is 2.35. The van der Waals surface area contributed by atoms with E-state index >= 15 is 0 Å². The zero-order chi connectivity index (χ0) is 13.3. The normalized spacial score (nSPS) is 10.7. The Bertz CT molecular complexity index is 601. The van der Waals surface area contributed by atoms with E-state index in [0.29, 0.717) is 31.9 Å². The minimum absolute atomic E-state index is 0.131. The Kier molecular flexibility index (Phi) is 4.36. The second-order valence-electron chi connectivity index (χ2n) is 3.59. The van der Waals surface area contributed by atoms with E-state index in [1.54, 1.807) is 24.3 Å². The molecule has 0 atom stereocenters. The van der Waals surface area contributed by atoms with Gasteiger partial charge in [-0.1, -0.05) is 46.4 Å². The Balaban J connectivity index is 2.61. The number of hydrogen-bond acceptors (Lipinski definition) is 2. The molecule has 0 spiro atoms. The minimum atomic E-state index is -0.131. The van der Waals surface area contributed by atoms with Crippen LogP contribution in [0.15, 0.2) is 24.3 Å². The van der Waals surface area contributed by atoms with Crippen molar-refractivity contribution in [3.63, 3.8) is 0 Å². The Morgan fingerprint density at radius 1 is 0.889 bits per heavy atom. The molecule has 0 fully saturated rings. The van der Waals surface area contributed by atoms with Gasteiger partial charge in [-0.15, -0.1) is 0 Å². The summed E-state index contributed by atoms with van der Waals surface area (Å²) in [4.78, 5) is 4.15. The van der Waals surface area contributed by atoms with Crippen LogP contribution in [0.5, 0.6) is 0 Å². The van der Waals surface area contributed by atoms with Gasteiger partial charge in [0, 0.05) is 5.56 Å². The quantitative estimate of drug-likeness (QED) is 0.633. The number of aliphatic hydroxyl groups excluding tert-OH is 1. The van der Waals surface area contributed by atoms with Crippen molar-refractivity contribution in [2.75, 3.05) is 0 Å². The van der Waals surface area contributed by atoms with Crippen LogP contribution in [-0.4, -0.2) is 10.1 Å². The Morgan fingerprint density at radius 2 is 1.56 bits per heavy atom. The van der Waals surface area contributed by atoms with Crippen LogP contribution in [0.1, 0.15) is 5.56 Å². The van der Waals surface area contributed by atoms with E-state index in [9.17, 15) is 0 Å². The van der Waals surface area contributed by atoms with Crippen molar-refractivity contribution in [1.29, 1.82) is 0 Å². The molecule has 0 radical (unpaired) electrons. The largest absolute Gasteiger partial charge is 0.392 e. The Morgan fingerprint density at radius 3 is 2.22 bits per heavy atom. The van der Waals surface area contributed by atoms with Crippen LogP contribution >= 0.6 is 46.4 Å². The molecule has 6 heteroatoms. The van der Waals surface area contributed by atoms with Gasteiger partial charge in [0.05, 0.1) is 27.4 Å². The maximum atomic E-state index is 9.13. The van der Waals surface area contributed by atoms with Crippen LogP contribution < -0.4 is 0 Å². The highest BCUT2D eigenvalue weighted by Gasteiger charge is 2.11. The predicted molar refractivity (Wildman–Crippen MR) is 75.6 cm³/mol. The summed E-state index contributed by atoms with van der Waals surface area (Å²) >= 11 is 23.8. The fraction of sp³-hybridized carbons (Fsp3) is 0.0833. The van der Waals surface area contributed by atoms with Gasteiger partial charge in [0.25, 0.3) is 0 Å². The predicted octanol–water partition coefficient (Wildman–Crippen LogP) is 4.85. The smallest absolute Gasteiger partial charge is 0.130 e. The number of hydrogen-bond donors (Lipinski definition) is 1. The summed E-state index contributed by atoms with van der Waals surface area (Å²) in [6.45, 7) is -0.131. The summed E-state index contributed by atoms with van der Waals surface area (Å²) in [6.07, 6.45) is 0. The highest BCUT2D eigenvalue weighted by atomic mass is 35.5. The van der Waals surface area contributed by atoms with Crippen molar-refractivity contribution in [2.45, 2.75) is 6.61 Å². The summed E-state index contributed by atoms with van der Waals surface area (Å²) in [6, 6.07) is 6.43. The monoisotopic (exact) mass is 321 g/mol. The van der Waals surface area contributed by atoms with Crippen LogP contribution in [0.3, 0.4) is 0 Å². The molecule has 0 aliphatic heterocycles. The van der Waals surface area contributed by atoms with Gasteiger partial charge < -0.3 is 5.11 Å². The van der Waals surface area contributed by atoms with E-state index in [4.69, 9.17) is 51.5 Å². The van der Waals surface area contributed by atoms with Crippen molar-refractivity contribution in [1.82, 2.24) is 4.98 Å². The van der Waals surface area contributed by atoms with Gasteiger partial charge in [-0.3, -0.25) is 0 Å². The second-order valence-corrected chi connectivity index (χ2v) is 5.20. The molecular formula is C12H7Cl4NO. The summed E-state index contributed by atoms with van der Waals surface area (Å²) in [5, 5.41) is 10.6. The lowest BCUT2D eigenvalue weighted by Gasteiger charge is -2.08. The third-order valence-electron chi connectivity index (χ3n) is 2.32. The average Bonchev–Trinajstić information content (AvgIpc) is 2.33. The molecule has 94 valence electrons. The number of aliphatic hydroxyl groups is 1. The summed E-state index contributed by atoms with van der Waals surface area (Å²) in [5.41, 5.74) is 1.80. The maximum absolute atomic E-state index is 9.13. The first-order valence-corrected chi connectivity index (χ1v) is 6.44. The van der Waals surface area contributed by atoms with Crippen molar-refractivity contribution in [2.24, 2.45) is 0 Å². The number of pyridine rings is 1. The van der Waals surface area contributed by atoms with Crippen LogP contribution in [0.4, 0.5) is 0 Å². The molecule has 0 unspecified atom stereocenters. The molecule has 0 saturated heterocycles. The highest BCUT2D eigenvalue weighted by molar-refractivity contribution is 6.44. The molecule has 2 nitrogen and oxygen atoms in total. The van der Waals surface area contributed by atoms with E-state index in [1.807, 2.05) is 0 Å². The van der Waals surface area contributed by atoms with Gasteiger partial charge in [-0.05, 0) is 29.8 Å². The molecule has 18 heavy (non-hydrogen) atoms. The number of halogens is 4. The van der Waals surface area contributed by atoms with Gasteiger partial charge in [0.2, 0.25) is 0 Å². The number of rotatable bonds is 2. The lowest BCUT2D eigenvalue weighted by Crippen LogP contribution is -1.91. The van der Waals surface area contributed by atoms with Gasteiger partial charge in [0.1, 0.15) is 5.15 Å². The van der Waals surface area contributed by atoms with Crippen LogP contribution in [0, 0.1) is 0 Å². The van der Waals surface area contributed by atoms with Crippen molar-refractivity contribution in [3.05, 3.63) is 50.0 Å². The van der Waals surface area contributed by atoms with Crippen molar-refractivity contribution < 1.29 is 5.11 Å². The van der Waals surface area contributed by atoms with Crippen molar-refractivity contribution >= 4 is 46.4 Å². The van der Waals surface area contributed by atoms with Crippen LogP contribution in [0.25, 0.3) is 11.3 Å². The summed E-state index contributed by atoms with van der Waals surface area (Å²) in [5.74, 6) is 0. The molecule has 2 rings (SSSR count). The lowest BCUT2D eigenvalue weighted by molar-refractivity contribution is 0.282. The summed E-state index contributed by atoms with van der Waals surface area (Å²) in [7, 11) is 0. The van der Waals surface area contributed by atoms with Gasteiger partial charge in [-0.2, -0.15) is 0 Å². The lowest BCUT2D eigenvalue weighted by atomic mass is 10.1. The average molecular weight is 323 g/mol. The topological polar surface area (TPSA) is 33.1 Å². The molecule has 1 N–H and O–H groups in total. The summed E-state index contributed by atoms with van der Waals surface area (Å²) < 4.78 is 0. The van der Waals surface area contributed by atoms with Crippen LogP contribution in [-0.2, 0) is 6.61 Å². The minimum Gasteiger partial charge on any atom is -0.392 e. The molecule has 1 aromatic heterocycles. The molecular weight excluding hydrogens is 316 g/mol. The third-order valence-corrected chi connectivity index (χ3v) is 3.55. The fourth-order valence-electron chi connectivity index (χ4n) is 1.50. The first-order chi connectivity index (χ1) is 8.51. The molecule has 0 amide bonds. The van der Waals surface area contributed by atoms with E-state index in [2.05, 4.69) is 4.98 Å². The SMILES string of the molecule is OCc1cc(Cl)nc(-c2cc(Cl)c(Cl)cc2Cl)c1. The standard InChI is InChI=1S/C12H7Cl4NO/c13-8-4-10(15)9(14)3-7(8)11-1-6(5-18)2-12(16)17-11/h1-4,18H,5H2. The second kappa shape index (κ2) is 5.64. The van der Waals surface area contributed by atoms with Crippen LogP contribution in [0.2, 0.25) is 20.2 Å². The molecule has 0 aliphatic rings. The van der Waals surface area contributed by atoms with Gasteiger partial charge in [-0.25, -0.2) is 4.98 Å². The molecule has 1 aromatic carbocycles. The zero-order valence-corrected chi connectivity index (χ0v) is 11.9. The van der Waals surface area contributed by atoms with Gasteiger partial charge >= 0.3 is 0 Å². The third kappa shape index (κ3) is 2.90. The van der Waals surface area contributed by atoms with Crippen molar-refractivity contribution in [3.8, 4) is 11.3 Å². The zero-order valence-electron chi connectivity index (χ0n) is 8.92. The fourth-order valence-corrected chi connectivity index (χ4v) is 2.37. The molecule has 0 saturated carbocycles.